The Morgan fingerprint density at radius 3 is 2.46 bits per heavy atom. The molecule has 1 saturated carbocycles. The molecule has 0 heterocycles. The molecule has 156 valence electrons. The van der Waals surface area contributed by atoms with Crippen molar-refractivity contribution in [2.75, 3.05) is 27.3 Å². The molecule has 7 nitrogen and oxygen atoms in total. The summed E-state index contributed by atoms with van der Waals surface area (Å²) in [7, 11) is 3.21. The van der Waals surface area contributed by atoms with Gasteiger partial charge in [-0.25, -0.2) is 4.79 Å². The molecule has 3 N–H and O–H groups in total. The van der Waals surface area contributed by atoms with Crippen molar-refractivity contribution in [3.05, 3.63) is 23.8 Å². The summed E-state index contributed by atoms with van der Waals surface area (Å²) < 4.78 is 10.5. The van der Waals surface area contributed by atoms with Gasteiger partial charge in [-0.3, -0.25) is 4.79 Å². The molecule has 0 aliphatic heterocycles. The van der Waals surface area contributed by atoms with Crippen LogP contribution in [-0.4, -0.2) is 45.3 Å². The van der Waals surface area contributed by atoms with Crippen LogP contribution >= 0.6 is 0 Å². The minimum absolute atomic E-state index is 0.00466. The Balaban J connectivity index is 1.55. The lowest BCUT2D eigenvalue weighted by Gasteiger charge is -2.22. The van der Waals surface area contributed by atoms with Crippen molar-refractivity contribution in [1.29, 1.82) is 0 Å². The Labute approximate surface area is 167 Å². The number of methoxy groups -OCH3 is 2. The molecule has 1 aromatic rings. The van der Waals surface area contributed by atoms with Gasteiger partial charge >= 0.3 is 6.03 Å². The maximum atomic E-state index is 11.9. The van der Waals surface area contributed by atoms with Gasteiger partial charge in [0.25, 0.3) is 0 Å². The summed E-state index contributed by atoms with van der Waals surface area (Å²) in [6, 6.07) is 5.91. The van der Waals surface area contributed by atoms with Crippen LogP contribution in [0.15, 0.2) is 18.2 Å². The highest BCUT2D eigenvalue weighted by Gasteiger charge is 2.15. The van der Waals surface area contributed by atoms with Gasteiger partial charge in [0.05, 0.1) is 14.2 Å². The highest BCUT2D eigenvalue weighted by molar-refractivity contribution is 5.76. The second kappa shape index (κ2) is 12.1. The second-order valence-electron chi connectivity index (χ2n) is 7.13. The number of hydrogen-bond donors (Lipinski definition) is 3. The molecule has 0 bridgehead atoms. The predicted octanol–water partition coefficient (Wildman–Crippen LogP) is 2.77. The van der Waals surface area contributed by atoms with Crippen molar-refractivity contribution >= 4 is 11.9 Å². The molecule has 2 rings (SSSR count). The van der Waals surface area contributed by atoms with Gasteiger partial charge in [0.2, 0.25) is 5.91 Å². The van der Waals surface area contributed by atoms with Crippen LogP contribution in [-0.2, 0) is 11.2 Å². The number of urea groups is 1. The summed E-state index contributed by atoms with van der Waals surface area (Å²) in [5.41, 5.74) is 1.07. The monoisotopic (exact) mass is 391 g/mol. The molecule has 28 heavy (non-hydrogen) atoms. The van der Waals surface area contributed by atoms with Crippen molar-refractivity contribution < 1.29 is 19.1 Å². The number of amides is 3. The molecular formula is C21H33N3O4. The van der Waals surface area contributed by atoms with Gasteiger partial charge in [0.1, 0.15) is 0 Å². The number of carbonyl (C=O) groups is 2. The van der Waals surface area contributed by atoms with Crippen LogP contribution in [0.4, 0.5) is 4.79 Å². The summed E-state index contributed by atoms with van der Waals surface area (Å²) in [5.74, 6) is 1.37. The number of carbonyl (C=O) groups excluding carboxylic acids is 2. The maximum Gasteiger partial charge on any atom is 0.315 e. The molecule has 1 aromatic carbocycles. The van der Waals surface area contributed by atoms with Crippen molar-refractivity contribution in [2.24, 2.45) is 0 Å². The van der Waals surface area contributed by atoms with E-state index in [1.54, 1.807) is 14.2 Å². The topological polar surface area (TPSA) is 88.7 Å². The summed E-state index contributed by atoms with van der Waals surface area (Å²) in [4.78, 5) is 23.8. The highest BCUT2D eigenvalue weighted by Crippen LogP contribution is 2.27. The number of hydrogen-bond acceptors (Lipinski definition) is 4. The van der Waals surface area contributed by atoms with Crippen molar-refractivity contribution in [3.63, 3.8) is 0 Å². The van der Waals surface area contributed by atoms with E-state index < -0.39 is 0 Å². The van der Waals surface area contributed by atoms with E-state index in [-0.39, 0.29) is 11.9 Å². The van der Waals surface area contributed by atoms with Crippen LogP contribution in [0.2, 0.25) is 0 Å². The van der Waals surface area contributed by atoms with Crippen molar-refractivity contribution in [2.45, 2.75) is 57.4 Å². The van der Waals surface area contributed by atoms with Gasteiger partial charge in [0.15, 0.2) is 11.5 Å². The van der Waals surface area contributed by atoms with Gasteiger partial charge in [0, 0.05) is 25.6 Å². The first-order valence-corrected chi connectivity index (χ1v) is 10.1. The van der Waals surface area contributed by atoms with E-state index in [9.17, 15) is 9.59 Å². The van der Waals surface area contributed by atoms with Crippen LogP contribution in [0.3, 0.4) is 0 Å². The van der Waals surface area contributed by atoms with E-state index in [0.29, 0.717) is 49.9 Å². The van der Waals surface area contributed by atoms with Crippen LogP contribution in [0.5, 0.6) is 11.5 Å². The Bertz CT molecular complexity index is 630. The molecule has 0 atom stereocenters. The van der Waals surface area contributed by atoms with Gasteiger partial charge in [-0.05, 0) is 43.4 Å². The fourth-order valence-electron chi connectivity index (χ4n) is 3.41. The smallest absolute Gasteiger partial charge is 0.315 e. The quantitative estimate of drug-likeness (QED) is 0.535. The van der Waals surface area contributed by atoms with E-state index in [4.69, 9.17) is 9.47 Å². The fraction of sp³-hybridized carbons (Fsp3) is 0.619. The number of nitrogens with one attached hydrogen (secondary N) is 3. The predicted molar refractivity (Wildman–Crippen MR) is 109 cm³/mol. The normalized spacial score (nSPS) is 14.2. The molecule has 1 fully saturated rings. The molecule has 3 amide bonds. The van der Waals surface area contributed by atoms with Crippen LogP contribution in [0.25, 0.3) is 0 Å². The molecule has 0 spiro atoms. The lowest BCUT2D eigenvalue weighted by atomic mass is 9.96. The van der Waals surface area contributed by atoms with Gasteiger partial charge < -0.3 is 25.4 Å². The maximum absolute atomic E-state index is 11.9. The molecule has 1 aliphatic carbocycles. The van der Waals surface area contributed by atoms with Gasteiger partial charge in [-0.1, -0.05) is 25.3 Å². The zero-order valence-electron chi connectivity index (χ0n) is 17.0. The number of rotatable bonds is 10. The van der Waals surface area contributed by atoms with Gasteiger partial charge in [-0.2, -0.15) is 0 Å². The van der Waals surface area contributed by atoms with E-state index in [2.05, 4.69) is 16.0 Å². The zero-order valence-corrected chi connectivity index (χ0v) is 17.0. The summed E-state index contributed by atoms with van der Waals surface area (Å²) in [6.07, 6.45) is 7.51. The van der Waals surface area contributed by atoms with Crippen LogP contribution in [0, 0.1) is 0 Å². The molecule has 1 aliphatic rings. The lowest BCUT2D eigenvalue weighted by Crippen LogP contribution is -2.43. The Kier molecular flexibility index (Phi) is 9.45. The van der Waals surface area contributed by atoms with Crippen molar-refractivity contribution in [1.82, 2.24) is 16.0 Å². The minimum Gasteiger partial charge on any atom is -0.493 e. The zero-order chi connectivity index (χ0) is 20.2. The minimum atomic E-state index is -0.124. The third-order valence-electron chi connectivity index (χ3n) is 4.99. The van der Waals surface area contributed by atoms with E-state index in [1.165, 1.54) is 19.3 Å². The Hall–Kier alpha value is -2.44. The molecule has 0 saturated heterocycles. The first-order valence-electron chi connectivity index (χ1n) is 10.1. The average Bonchev–Trinajstić information content (AvgIpc) is 2.71. The first kappa shape index (κ1) is 21.9. The Morgan fingerprint density at radius 2 is 1.75 bits per heavy atom. The lowest BCUT2D eigenvalue weighted by molar-refractivity contribution is -0.121. The van der Waals surface area contributed by atoms with Gasteiger partial charge in [-0.15, -0.1) is 0 Å². The summed E-state index contributed by atoms with van der Waals surface area (Å²) in [6.45, 7) is 1.06. The Morgan fingerprint density at radius 1 is 1.00 bits per heavy atom. The summed E-state index contributed by atoms with van der Waals surface area (Å²) >= 11 is 0. The number of ether oxygens (including phenoxy) is 2. The van der Waals surface area contributed by atoms with E-state index in [1.807, 2.05) is 18.2 Å². The summed E-state index contributed by atoms with van der Waals surface area (Å²) in [5, 5.41) is 8.75. The molecule has 0 radical (unpaired) electrons. The third kappa shape index (κ3) is 7.66. The SMILES string of the molecule is COc1ccc(CCNC(=O)CCCNC(=O)NC2CCCCC2)cc1OC. The standard InChI is InChI=1S/C21H33N3O4/c1-27-18-11-10-16(15-19(18)28-2)12-14-22-20(25)9-6-13-23-21(26)24-17-7-4-3-5-8-17/h10-11,15,17H,3-9,12-14H2,1-2H3,(H,22,25)(H2,23,24,26). The largest absolute Gasteiger partial charge is 0.493 e. The molecule has 7 heteroatoms. The molecule has 0 unspecified atom stereocenters. The second-order valence-corrected chi connectivity index (χ2v) is 7.13. The van der Waals surface area contributed by atoms with Crippen LogP contribution in [0.1, 0.15) is 50.5 Å². The highest BCUT2D eigenvalue weighted by atomic mass is 16.5. The fourth-order valence-corrected chi connectivity index (χ4v) is 3.41. The average molecular weight is 392 g/mol. The van der Waals surface area contributed by atoms with Crippen LogP contribution < -0.4 is 25.4 Å². The molecular weight excluding hydrogens is 358 g/mol. The van der Waals surface area contributed by atoms with Crippen molar-refractivity contribution in [3.8, 4) is 11.5 Å². The van der Waals surface area contributed by atoms with E-state index >= 15 is 0 Å². The first-order chi connectivity index (χ1) is 13.6. The molecule has 0 aromatic heterocycles. The van der Waals surface area contributed by atoms with E-state index in [0.717, 1.165) is 18.4 Å². The third-order valence-corrected chi connectivity index (χ3v) is 4.99. The number of benzene rings is 1.